The molecule has 1 heterocycles. The van der Waals surface area contributed by atoms with E-state index in [0.29, 0.717) is 5.89 Å². The number of aromatic hydroxyl groups is 1. The van der Waals surface area contributed by atoms with E-state index in [1.807, 2.05) is 0 Å². The van der Waals surface area contributed by atoms with Gasteiger partial charge in [0.15, 0.2) is 0 Å². The lowest BCUT2D eigenvalue weighted by Crippen LogP contribution is -1.74. The van der Waals surface area contributed by atoms with Crippen LogP contribution in [0.25, 0.3) is 11.5 Å². The quantitative estimate of drug-likeness (QED) is 0.761. The van der Waals surface area contributed by atoms with E-state index in [-0.39, 0.29) is 11.0 Å². The van der Waals surface area contributed by atoms with E-state index >= 15 is 0 Å². The fraction of sp³-hybridized carbons (Fsp3) is 0. The summed E-state index contributed by atoms with van der Waals surface area (Å²) in [7, 11) is 0. The van der Waals surface area contributed by atoms with Crippen molar-refractivity contribution in [3.05, 3.63) is 35.7 Å². The van der Waals surface area contributed by atoms with Crippen LogP contribution in [-0.4, -0.2) is 10.1 Å². The first-order valence-electron chi connectivity index (χ1n) is 3.66. The molecule has 0 aliphatic rings. The molecule has 0 aliphatic carbocycles. The molecule has 0 spiro atoms. The fourth-order valence-electron chi connectivity index (χ4n) is 0.992. The number of phenols is 1. The maximum Gasteiger partial charge on any atom is 0.228 e. The second kappa shape index (κ2) is 3.11. The van der Waals surface area contributed by atoms with Gasteiger partial charge < -0.3 is 9.52 Å². The summed E-state index contributed by atoms with van der Waals surface area (Å²) in [5.41, 5.74) is 0.782. The van der Waals surface area contributed by atoms with Crippen LogP contribution in [0.15, 0.2) is 34.9 Å². The lowest BCUT2D eigenvalue weighted by atomic mass is 10.2. The third-order valence-corrected chi connectivity index (χ3v) is 1.77. The number of halogens is 1. The maximum absolute atomic E-state index is 9.03. The van der Waals surface area contributed by atoms with E-state index in [4.69, 9.17) is 21.1 Å². The molecule has 0 saturated carbocycles. The molecule has 0 saturated heterocycles. The Morgan fingerprint density at radius 2 is 1.92 bits per heavy atom. The van der Waals surface area contributed by atoms with Crippen molar-refractivity contribution in [1.29, 1.82) is 0 Å². The smallest absolute Gasteiger partial charge is 0.228 e. The van der Waals surface area contributed by atoms with Crippen LogP contribution in [0, 0.1) is 0 Å². The van der Waals surface area contributed by atoms with E-state index < -0.39 is 0 Å². The summed E-state index contributed by atoms with van der Waals surface area (Å²) in [4.78, 5) is 3.94. The lowest BCUT2D eigenvalue weighted by molar-refractivity contribution is 0.475. The zero-order chi connectivity index (χ0) is 9.26. The van der Waals surface area contributed by atoms with Crippen LogP contribution in [-0.2, 0) is 0 Å². The molecule has 3 nitrogen and oxygen atoms in total. The largest absolute Gasteiger partial charge is 0.508 e. The summed E-state index contributed by atoms with van der Waals surface area (Å²) in [6.07, 6.45) is 1.43. The second-order valence-electron chi connectivity index (χ2n) is 2.52. The predicted molar refractivity (Wildman–Crippen MR) is 48.6 cm³/mol. The zero-order valence-corrected chi connectivity index (χ0v) is 7.32. The van der Waals surface area contributed by atoms with E-state index in [1.165, 1.54) is 6.20 Å². The monoisotopic (exact) mass is 195 g/mol. The molecule has 2 aromatic rings. The molecular weight excluding hydrogens is 190 g/mol. The van der Waals surface area contributed by atoms with Crippen molar-refractivity contribution in [2.75, 3.05) is 0 Å². The molecule has 4 heteroatoms. The summed E-state index contributed by atoms with van der Waals surface area (Å²) in [6.45, 7) is 0. The van der Waals surface area contributed by atoms with Crippen molar-refractivity contribution >= 4 is 11.6 Å². The highest BCUT2D eigenvalue weighted by Crippen LogP contribution is 2.23. The normalized spacial score (nSPS) is 10.2. The molecule has 0 unspecified atom stereocenters. The van der Waals surface area contributed by atoms with Gasteiger partial charge in [0, 0.05) is 5.56 Å². The molecule has 2 rings (SSSR count). The highest BCUT2D eigenvalue weighted by molar-refractivity contribution is 6.28. The summed E-state index contributed by atoms with van der Waals surface area (Å²) >= 11 is 5.56. The number of rotatable bonds is 1. The van der Waals surface area contributed by atoms with Crippen LogP contribution in [0.3, 0.4) is 0 Å². The van der Waals surface area contributed by atoms with E-state index in [9.17, 15) is 0 Å². The molecule has 0 atom stereocenters. The van der Waals surface area contributed by atoms with Gasteiger partial charge in [-0.2, -0.15) is 0 Å². The number of aromatic nitrogens is 1. The van der Waals surface area contributed by atoms with E-state index in [1.54, 1.807) is 24.3 Å². The molecule has 66 valence electrons. The Labute approximate surface area is 79.6 Å². The molecule has 0 radical (unpaired) electrons. The molecule has 0 amide bonds. The van der Waals surface area contributed by atoms with E-state index in [0.717, 1.165) is 5.56 Å². The molecule has 1 aromatic carbocycles. The fourth-order valence-corrected chi connectivity index (χ4v) is 1.11. The van der Waals surface area contributed by atoms with Gasteiger partial charge in [0.2, 0.25) is 11.1 Å². The summed E-state index contributed by atoms with van der Waals surface area (Å²) in [5.74, 6) is 0.659. The second-order valence-corrected chi connectivity index (χ2v) is 2.89. The molecule has 1 aromatic heterocycles. The van der Waals surface area contributed by atoms with Crippen LogP contribution < -0.4 is 0 Å². The lowest BCUT2D eigenvalue weighted by Gasteiger charge is -1.94. The van der Waals surface area contributed by atoms with Gasteiger partial charge in [-0.3, -0.25) is 0 Å². The Bertz CT molecular complexity index is 408. The Morgan fingerprint density at radius 1 is 1.23 bits per heavy atom. The molecule has 1 N–H and O–H groups in total. The summed E-state index contributed by atoms with van der Waals surface area (Å²) < 4.78 is 5.08. The van der Waals surface area contributed by atoms with Gasteiger partial charge in [-0.05, 0) is 35.9 Å². The topological polar surface area (TPSA) is 46.3 Å². The van der Waals surface area contributed by atoms with Crippen LogP contribution in [0.5, 0.6) is 5.75 Å². The first-order chi connectivity index (χ1) is 6.25. The van der Waals surface area contributed by atoms with Gasteiger partial charge in [-0.1, -0.05) is 0 Å². The molecule has 0 fully saturated rings. The molecule has 13 heavy (non-hydrogen) atoms. The summed E-state index contributed by atoms with van der Waals surface area (Å²) in [6, 6.07) is 6.54. The Morgan fingerprint density at radius 3 is 2.46 bits per heavy atom. The van der Waals surface area contributed by atoms with Gasteiger partial charge in [-0.15, -0.1) is 0 Å². The maximum atomic E-state index is 9.03. The SMILES string of the molecule is Oc1ccc(-c2ncc(Cl)o2)cc1. The average Bonchev–Trinajstić information content (AvgIpc) is 2.53. The van der Waals surface area contributed by atoms with Crippen LogP contribution >= 0.6 is 11.6 Å². The van der Waals surface area contributed by atoms with Crippen molar-refractivity contribution in [2.24, 2.45) is 0 Å². The minimum Gasteiger partial charge on any atom is -0.508 e. The summed E-state index contributed by atoms with van der Waals surface area (Å²) in [5, 5.41) is 9.28. The number of phenolic OH excluding ortho intramolecular Hbond substituents is 1. The Balaban J connectivity index is 2.41. The number of oxazole rings is 1. The Kier molecular flexibility index (Phi) is 1.94. The van der Waals surface area contributed by atoms with E-state index in [2.05, 4.69) is 4.98 Å². The van der Waals surface area contributed by atoms with Gasteiger partial charge in [-0.25, -0.2) is 4.98 Å². The standard InChI is InChI=1S/C9H6ClNO2/c10-8-5-11-9(13-8)6-1-3-7(12)4-2-6/h1-5,12H. The average molecular weight is 196 g/mol. The predicted octanol–water partition coefficient (Wildman–Crippen LogP) is 2.70. The van der Waals surface area contributed by atoms with Gasteiger partial charge in [0.05, 0.1) is 6.20 Å². The van der Waals surface area contributed by atoms with Crippen molar-refractivity contribution < 1.29 is 9.52 Å². The zero-order valence-electron chi connectivity index (χ0n) is 6.57. The van der Waals surface area contributed by atoms with Crippen molar-refractivity contribution in [3.63, 3.8) is 0 Å². The van der Waals surface area contributed by atoms with Crippen LogP contribution in [0.4, 0.5) is 0 Å². The highest BCUT2D eigenvalue weighted by atomic mass is 35.5. The molecular formula is C9H6ClNO2. The Hall–Kier alpha value is -1.48. The first-order valence-corrected chi connectivity index (χ1v) is 4.04. The number of benzene rings is 1. The van der Waals surface area contributed by atoms with Crippen molar-refractivity contribution in [1.82, 2.24) is 4.98 Å². The van der Waals surface area contributed by atoms with Gasteiger partial charge in [0.1, 0.15) is 5.75 Å². The highest BCUT2D eigenvalue weighted by Gasteiger charge is 2.03. The van der Waals surface area contributed by atoms with Gasteiger partial charge in [0.25, 0.3) is 0 Å². The third-order valence-electron chi connectivity index (χ3n) is 1.59. The molecule has 0 bridgehead atoms. The van der Waals surface area contributed by atoms with Gasteiger partial charge >= 0.3 is 0 Å². The van der Waals surface area contributed by atoms with Crippen LogP contribution in [0.1, 0.15) is 0 Å². The number of nitrogens with zero attached hydrogens (tertiary/aromatic N) is 1. The minimum absolute atomic E-state index is 0.210. The number of hydrogen-bond acceptors (Lipinski definition) is 3. The van der Waals surface area contributed by atoms with Crippen molar-refractivity contribution in [2.45, 2.75) is 0 Å². The molecule has 0 aliphatic heterocycles. The first kappa shape index (κ1) is 8.13. The number of hydrogen-bond donors (Lipinski definition) is 1. The third kappa shape index (κ3) is 1.65. The van der Waals surface area contributed by atoms with Crippen molar-refractivity contribution in [3.8, 4) is 17.2 Å². The minimum atomic E-state index is 0.210. The van der Waals surface area contributed by atoms with Crippen LogP contribution in [0.2, 0.25) is 5.22 Å².